The van der Waals surface area contributed by atoms with E-state index in [1.54, 1.807) is 41.1 Å². The van der Waals surface area contributed by atoms with Crippen molar-refractivity contribution in [2.45, 2.75) is 50.0 Å². The minimum Gasteiger partial charge on any atom is -0.506 e. The highest BCUT2D eigenvalue weighted by atomic mass is 32.2. The molecule has 9 heteroatoms. The van der Waals surface area contributed by atoms with Gasteiger partial charge in [-0.05, 0) is 43.0 Å². The molecule has 0 unspecified atom stereocenters. The van der Waals surface area contributed by atoms with Crippen molar-refractivity contribution in [3.05, 3.63) is 58.5 Å². The van der Waals surface area contributed by atoms with Crippen LogP contribution < -0.4 is 10.9 Å². The van der Waals surface area contributed by atoms with Gasteiger partial charge in [0, 0.05) is 12.7 Å². The Hall–Kier alpha value is -3.20. The number of nitrogens with zero attached hydrogens (tertiary/aromatic N) is 3. The monoisotopic (exact) mass is 452 g/mol. The zero-order valence-corrected chi connectivity index (χ0v) is 18.3. The first-order chi connectivity index (χ1) is 15.5. The van der Waals surface area contributed by atoms with Crippen LogP contribution in [0.2, 0.25) is 0 Å². The van der Waals surface area contributed by atoms with Crippen molar-refractivity contribution < 1.29 is 13.5 Å². The van der Waals surface area contributed by atoms with E-state index in [1.165, 1.54) is 18.9 Å². The Balaban J connectivity index is 1.69. The number of hydrogen-bond donors (Lipinski definition) is 2. The molecule has 8 nitrogen and oxygen atoms in total. The minimum atomic E-state index is -4.02. The van der Waals surface area contributed by atoms with Gasteiger partial charge in [0.1, 0.15) is 21.9 Å². The van der Waals surface area contributed by atoms with E-state index in [0.717, 1.165) is 25.7 Å². The van der Waals surface area contributed by atoms with Gasteiger partial charge in [-0.25, -0.2) is 4.98 Å². The lowest BCUT2D eigenvalue weighted by molar-refractivity contribution is 0.393. The number of para-hydroxylation sites is 1. The number of amidine groups is 1. The van der Waals surface area contributed by atoms with Crippen LogP contribution in [0.3, 0.4) is 0 Å². The summed E-state index contributed by atoms with van der Waals surface area (Å²) in [5, 5.41) is 14.3. The molecule has 2 N–H and O–H groups in total. The zero-order valence-electron chi connectivity index (χ0n) is 17.5. The molecule has 1 fully saturated rings. The van der Waals surface area contributed by atoms with Gasteiger partial charge in [0.25, 0.3) is 15.6 Å². The number of anilines is 1. The van der Waals surface area contributed by atoms with Gasteiger partial charge in [0.15, 0.2) is 5.84 Å². The fraction of sp³-hybridized carbons (Fsp3) is 0.348. The lowest BCUT2D eigenvalue weighted by atomic mass is 10.00. The SMILES string of the molecule is O=c1c(C2=NS(=O)(=O)c3ccccc3N2)c(O)c2cccnc2n1CC1CCCCCC1. The van der Waals surface area contributed by atoms with Crippen LogP contribution in [0.15, 0.2) is 56.7 Å². The Kier molecular flexibility index (Phi) is 5.21. The number of hydrogen-bond acceptors (Lipinski definition) is 6. The highest BCUT2D eigenvalue weighted by Crippen LogP contribution is 2.32. The Morgan fingerprint density at radius 1 is 1.06 bits per heavy atom. The number of rotatable bonds is 3. The minimum absolute atomic E-state index is 0.0319. The van der Waals surface area contributed by atoms with Crippen LogP contribution in [0.4, 0.5) is 5.69 Å². The molecule has 0 spiro atoms. The van der Waals surface area contributed by atoms with Crippen molar-refractivity contribution >= 4 is 32.6 Å². The Bertz CT molecular complexity index is 1390. The average Bonchev–Trinajstić information content (AvgIpc) is 3.05. The second-order valence-corrected chi connectivity index (χ2v) is 9.98. The molecule has 0 saturated heterocycles. The smallest absolute Gasteiger partial charge is 0.286 e. The number of sulfonamides is 1. The highest BCUT2D eigenvalue weighted by molar-refractivity contribution is 7.90. The van der Waals surface area contributed by atoms with E-state index in [1.807, 2.05) is 0 Å². The molecule has 1 aliphatic carbocycles. The summed E-state index contributed by atoms with van der Waals surface area (Å²) in [5.41, 5.74) is 0.0524. The van der Waals surface area contributed by atoms with Gasteiger partial charge in [-0.2, -0.15) is 8.42 Å². The standard InChI is InChI=1S/C23H24N4O4S/c28-20-16-10-7-13-24-22(16)27(14-15-8-3-1-2-4-9-15)23(29)19(20)21-25-17-11-5-6-12-18(17)32(30,31)26-21/h5-7,10-13,15,28H,1-4,8-9,14H2,(H,25,26). The van der Waals surface area contributed by atoms with E-state index in [4.69, 9.17) is 0 Å². The first-order valence-electron chi connectivity index (χ1n) is 10.9. The van der Waals surface area contributed by atoms with E-state index in [0.29, 0.717) is 29.2 Å². The summed E-state index contributed by atoms with van der Waals surface area (Å²) < 4.78 is 30.9. The molecule has 1 aliphatic heterocycles. The fourth-order valence-electron chi connectivity index (χ4n) is 4.67. The molecule has 5 rings (SSSR count). The van der Waals surface area contributed by atoms with Crippen LogP contribution in [0.1, 0.15) is 44.1 Å². The number of aromatic hydroxyl groups is 1. The molecule has 2 aliphatic rings. The van der Waals surface area contributed by atoms with Gasteiger partial charge in [-0.3, -0.25) is 9.36 Å². The average molecular weight is 453 g/mol. The number of fused-ring (bicyclic) bond motifs is 2. The summed E-state index contributed by atoms with van der Waals surface area (Å²) in [5.74, 6) is -0.175. The topological polar surface area (TPSA) is 114 Å². The molecular weight excluding hydrogens is 428 g/mol. The largest absolute Gasteiger partial charge is 0.506 e. The van der Waals surface area contributed by atoms with Crippen molar-refractivity contribution in [2.75, 3.05) is 5.32 Å². The molecule has 0 radical (unpaired) electrons. The first kappa shape index (κ1) is 20.7. The predicted molar refractivity (Wildman–Crippen MR) is 123 cm³/mol. The quantitative estimate of drug-likeness (QED) is 0.587. The third-order valence-electron chi connectivity index (χ3n) is 6.28. The molecule has 1 aromatic carbocycles. The van der Waals surface area contributed by atoms with Crippen LogP contribution >= 0.6 is 0 Å². The lowest BCUT2D eigenvalue weighted by Gasteiger charge is -2.22. The van der Waals surface area contributed by atoms with E-state index in [-0.39, 0.29) is 22.0 Å². The lowest BCUT2D eigenvalue weighted by Crippen LogP contribution is -2.34. The van der Waals surface area contributed by atoms with Crippen LogP contribution in [-0.2, 0) is 16.6 Å². The van der Waals surface area contributed by atoms with Crippen molar-refractivity contribution in [3.63, 3.8) is 0 Å². The van der Waals surface area contributed by atoms with Crippen molar-refractivity contribution in [1.82, 2.24) is 9.55 Å². The second-order valence-electron chi connectivity index (χ2n) is 8.41. The van der Waals surface area contributed by atoms with Gasteiger partial charge in [0.05, 0.1) is 11.1 Å². The Morgan fingerprint density at radius 3 is 2.59 bits per heavy atom. The number of nitrogens with one attached hydrogen (secondary N) is 1. The molecule has 1 saturated carbocycles. The predicted octanol–water partition coefficient (Wildman–Crippen LogP) is 3.63. The summed E-state index contributed by atoms with van der Waals surface area (Å²) in [6.45, 7) is 0.468. The molecule has 0 atom stereocenters. The summed E-state index contributed by atoms with van der Waals surface area (Å²) in [4.78, 5) is 18.0. The third-order valence-corrected chi connectivity index (χ3v) is 7.61. The van der Waals surface area contributed by atoms with Crippen LogP contribution in [0.5, 0.6) is 5.75 Å². The maximum atomic E-state index is 13.6. The molecular formula is C23H24N4O4S. The maximum Gasteiger partial charge on any atom is 0.286 e. The molecule has 32 heavy (non-hydrogen) atoms. The summed E-state index contributed by atoms with van der Waals surface area (Å²) in [6.07, 6.45) is 8.28. The van der Waals surface area contributed by atoms with E-state index in [9.17, 15) is 18.3 Å². The van der Waals surface area contributed by atoms with Gasteiger partial charge >= 0.3 is 0 Å². The van der Waals surface area contributed by atoms with Crippen LogP contribution in [0.25, 0.3) is 11.0 Å². The van der Waals surface area contributed by atoms with Crippen LogP contribution in [0, 0.1) is 5.92 Å². The van der Waals surface area contributed by atoms with Gasteiger partial charge in [-0.15, -0.1) is 4.40 Å². The molecule has 3 heterocycles. The van der Waals surface area contributed by atoms with Crippen molar-refractivity contribution in [3.8, 4) is 5.75 Å². The first-order valence-corrected chi connectivity index (χ1v) is 12.3. The van der Waals surface area contributed by atoms with Crippen molar-refractivity contribution in [1.29, 1.82) is 0 Å². The number of pyridine rings is 2. The fourth-order valence-corrected chi connectivity index (χ4v) is 5.80. The Morgan fingerprint density at radius 2 is 1.81 bits per heavy atom. The molecule has 3 aromatic rings. The van der Waals surface area contributed by atoms with E-state index < -0.39 is 15.6 Å². The summed E-state index contributed by atoms with van der Waals surface area (Å²) >= 11 is 0. The number of aromatic nitrogens is 2. The summed E-state index contributed by atoms with van der Waals surface area (Å²) in [6, 6.07) is 9.71. The van der Waals surface area contributed by atoms with Gasteiger partial charge in [-0.1, -0.05) is 37.8 Å². The molecule has 2 aromatic heterocycles. The second kappa shape index (κ2) is 8.05. The van der Waals surface area contributed by atoms with Crippen LogP contribution in [-0.4, -0.2) is 28.9 Å². The van der Waals surface area contributed by atoms with E-state index in [2.05, 4.69) is 14.7 Å². The highest BCUT2D eigenvalue weighted by Gasteiger charge is 2.30. The molecule has 0 amide bonds. The maximum absolute atomic E-state index is 13.6. The molecule has 166 valence electrons. The normalized spacial score (nSPS) is 18.4. The summed E-state index contributed by atoms with van der Waals surface area (Å²) in [7, 11) is -4.02. The Labute approximate surface area is 185 Å². The van der Waals surface area contributed by atoms with Gasteiger partial charge in [0.2, 0.25) is 0 Å². The van der Waals surface area contributed by atoms with E-state index >= 15 is 0 Å². The number of benzene rings is 1. The zero-order chi connectivity index (χ0) is 22.3. The molecule has 0 bridgehead atoms. The van der Waals surface area contributed by atoms with Gasteiger partial charge < -0.3 is 10.4 Å². The van der Waals surface area contributed by atoms with Crippen molar-refractivity contribution in [2.24, 2.45) is 10.3 Å². The third kappa shape index (κ3) is 3.56.